The molecule has 1 fully saturated rings. The van der Waals surface area contributed by atoms with Crippen LogP contribution in [0.3, 0.4) is 0 Å². The highest BCUT2D eigenvalue weighted by molar-refractivity contribution is 5.96. The number of carboxylic acids is 1. The molecular formula is C20H24N2O4. The first-order chi connectivity index (χ1) is 12.5. The average molecular weight is 356 g/mol. The molecule has 6 heteroatoms. The Morgan fingerprint density at radius 3 is 2.23 bits per heavy atom. The molecule has 2 aliphatic rings. The average Bonchev–Trinajstić information content (AvgIpc) is 2.69. The summed E-state index contributed by atoms with van der Waals surface area (Å²) in [5, 5.41) is 11.9. The lowest BCUT2D eigenvalue weighted by molar-refractivity contribution is -0.143. The van der Waals surface area contributed by atoms with E-state index in [1.54, 1.807) is 29.2 Å². The minimum atomic E-state index is -0.786. The number of piperidine rings is 1. The maximum Gasteiger partial charge on any atom is 0.306 e. The van der Waals surface area contributed by atoms with Gasteiger partial charge in [-0.05, 0) is 56.4 Å². The molecule has 3 rings (SSSR count). The summed E-state index contributed by atoms with van der Waals surface area (Å²) in [6.07, 6.45) is 7.70. The molecule has 1 aliphatic carbocycles. The molecule has 1 aliphatic heterocycles. The molecule has 0 saturated carbocycles. The fourth-order valence-corrected chi connectivity index (χ4v) is 3.48. The van der Waals surface area contributed by atoms with Crippen molar-refractivity contribution < 1.29 is 19.5 Å². The highest BCUT2D eigenvalue weighted by Gasteiger charge is 2.27. The Balaban J connectivity index is 1.55. The molecule has 2 amide bonds. The number of likely N-dealkylation sites (tertiary alicyclic amines) is 1. The zero-order chi connectivity index (χ0) is 18.5. The molecule has 1 aromatic rings. The molecule has 138 valence electrons. The van der Waals surface area contributed by atoms with Crippen molar-refractivity contribution in [2.24, 2.45) is 11.8 Å². The van der Waals surface area contributed by atoms with Crippen LogP contribution in [-0.2, 0) is 9.59 Å². The fraction of sp³-hybridized carbons (Fsp3) is 0.450. The molecule has 0 spiro atoms. The van der Waals surface area contributed by atoms with Crippen molar-refractivity contribution in [3.8, 4) is 0 Å². The molecule has 1 aromatic carbocycles. The van der Waals surface area contributed by atoms with Gasteiger partial charge >= 0.3 is 5.97 Å². The van der Waals surface area contributed by atoms with Crippen LogP contribution in [0.1, 0.15) is 42.5 Å². The van der Waals surface area contributed by atoms with Crippen molar-refractivity contribution in [2.75, 3.05) is 18.4 Å². The smallest absolute Gasteiger partial charge is 0.306 e. The van der Waals surface area contributed by atoms with Gasteiger partial charge in [0.2, 0.25) is 5.91 Å². The molecule has 26 heavy (non-hydrogen) atoms. The van der Waals surface area contributed by atoms with E-state index in [1.807, 2.05) is 6.08 Å². The number of nitrogens with zero attached hydrogens (tertiary/aromatic N) is 1. The third-order valence-electron chi connectivity index (χ3n) is 5.17. The number of hydrogen-bond donors (Lipinski definition) is 2. The second kappa shape index (κ2) is 8.17. The lowest BCUT2D eigenvalue weighted by atomic mass is 9.93. The van der Waals surface area contributed by atoms with E-state index < -0.39 is 5.97 Å². The molecule has 1 unspecified atom stereocenters. The number of carbonyl (C=O) groups is 3. The van der Waals surface area contributed by atoms with E-state index in [0.717, 1.165) is 19.3 Å². The zero-order valence-corrected chi connectivity index (χ0v) is 14.7. The van der Waals surface area contributed by atoms with E-state index in [-0.39, 0.29) is 23.7 Å². The van der Waals surface area contributed by atoms with Crippen molar-refractivity contribution in [1.82, 2.24) is 4.90 Å². The molecule has 0 radical (unpaired) electrons. The van der Waals surface area contributed by atoms with Crippen LogP contribution >= 0.6 is 0 Å². The van der Waals surface area contributed by atoms with Crippen LogP contribution in [0.5, 0.6) is 0 Å². The number of hydrogen-bond acceptors (Lipinski definition) is 3. The number of nitrogens with one attached hydrogen (secondary N) is 1. The number of anilines is 1. The highest BCUT2D eigenvalue weighted by atomic mass is 16.4. The first kappa shape index (κ1) is 18.2. The lowest BCUT2D eigenvalue weighted by Gasteiger charge is -2.30. The van der Waals surface area contributed by atoms with Crippen LogP contribution in [0.25, 0.3) is 0 Å². The van der Waals surface area contributed by atoms with Crippen molar-refractivity contribution >= 4 is 23.5 Å². The molecule has 1 saturated heterocycles. The largest absolute Gasteiger partial charge is 0.481 e. The number of rotatable bonds is 4. The Morgan fingerprint density at radius 2 is 1.65 bits per heavy atom. The van der Waals surface area contributed by atoms with Crippen LogP contribution in [0.15, 0.2) is 36.4 Å². The molecule has 0 bridgehead atoms. The normalized spacial score (nSPS) is 20.6. The summed E-state index contributed by atoms with van der Waals surface area (Å²) in [6.45, 7) is 0.924. The number of carbonyl (C=O) groups excluding carboxylic acids is 2. The SMILES string of the molecule is O=C(O)C1CCN(C(=O)c2ccc(NC(=O)C3CC=CCC3)cc2)CC1. The van der Waals surface area contributed by atoms with Crippen molar-refractivity contribution in [3.05, 3.63) is 42.0 Å². The van der Waals surface area contributed by atoms with Gasteiger partial charge in [0.15, 0.2) is 0 Å². The van der Waals surface area contributed by atoms with Crippen LogP contribution in [-0.4, -0.2) is 40.9 Å². The van der Waals surface area contributed by atoms with Crippen molar-refractivity contribution in [3.63, 3.8) is 0 Å². The second-order valence-corrected chi connectivity index (χ2v) is 6.95. The van der Waals surface area contributed by atoms with Crippen LogP contribution < -0.4 is 5.32 Å². The van der Waals surface area contributed by atoms with Gasteiger partial charge in [0.25, 0.3) is 5.91 Å². The van der Waals surface area contributed by atoms with E-state index in [0.29, 0.717) is 37.2 Å². The number of aliphatic carboxylic acids is 1. The quantitative estimate of drug-likeness (QED) is 0.812. The van der Waals surface area contributed by atoms with Gasteiger partial charge in [0.05, 0.1) is 5.92 Å². The Hall–Kier alpha value is -2.63. The molecular weight excluding hydrogens is 332 g/mol. The predicted molar refractivity (Wildman–Crippen MR) is 97.8 cm³/mol. The minimum Gasteiger partial charge on any atom is -0.481 e. The molecule has 1 atom stereocenters. The van der Waals surface area contributed by atoms with E-state index >= 15 is 0 Å². The molecule has 1 heterocycles. The highest BCUT2D eigenvalue weighted by Crippen LogP contribution is 2.22. The van der Waals surface area contributed by atoms with Crippen LogP contribution in [0, 0.1) is 11.8 Å². The van der Waals surface area contributed by atoms with Crippen LogP contribution in [0.4, 0.5) is 5.69 Å². The second-order valence-electron chi connectivity index (χ2n) is 6.95. The number of allylic oxidation sites excluding steroid dienone is 2. The van der Waals surface area contributed by atoms with Gasteiger partial charge in [-0.3, -0.25) is 14.4 Å². The third kappa shape index (κ3) is 4.31. The van der Waals surface area contributed by atoms with Gasteiger partial charge in [-0.1, -0.05) is 12.2 Å². The van der Waals surface area contributed by atoms with Crippen LogP contribution in [0.2, 0.25) is 0 Å². The third-order valence-corrected chi connectivity index (χ3v) is 5.17. The Bertz CT molecular complexity index is 703. The summed E-state index contributed by atoms with van der Waals surface area (Å²) < 4.78 is 0. The summed E-state index contributed by atoms with van der Waals surface area (Å²) in [7, 11) is 0. The standard InChI is InChI=1S/C20H24N2O4/c23-18(14-4-2-1-3-5-14)21-17-8-6-15(7-9-17)19(24)22-12-10-16(11-13-22)20(25)26/h1-2,6-9,14,16H,3-5,10-13H2,(H,21,23)(H,25,26). The predicted octanol–water partition coefficient (Wildman–Crippen LogP) is 2.92. The minimum absolute atomic E-state index is 0.0110. The van der Waals surface area contributed by atoms with E-state index in [9.17, 15) is 14.4 Å². The molecule has 6 nitrogen and oxygen atoms in total. The maximum atomic E-state index is 12.5. The summed E-state index contributed by atoms with van der Waals surface area (Å²) >= 11 is 0. The van der Waals surface area contributed by atoms with E-state index in [2.05, 4.69) is 11.4 Å². The Morgan fingerprint density at radius 1 is 0.962 bits per heavy atom. The first-order valence-corrected chi connectivity index (χ1v) is 9.12. The lowest BCUT2D eigenvalue weighted by Crippen LogP contribution is -2.40. The Labute approximate surface area is 152 Å². The first-order valence-electron chi connectivity index (χ1n) is 9.12. The summed E-state index contributed by atoms with van der Waals surface area (Å²) in [5.41, 5.74) is 1.24. The van der Waals surface area contributed by atoms with Crippen molar-refractivity contribution in [2.45, 2.75) is 32.1 Å². The van der Waals surface area contributed by atoms with Gasteiger partial charge in [-0.15, -0.1) is 0 Å². The number of amides is 2. The monoisotopic (exact) mass is 356 g/mol. The maximum absolute atomic E-state index is 12.5. The van der Waals surface area contributed by atoms with Gasteiger partial charge < -0.3 is 15.3 Å². The summed E-state index contributed by atoms with van der Waals surface area (Å²) in [4.78, 5) is 37.5. The topological polar surface area (TPSA) is 86.7 Å². The number of carboxylic acid groups (broad SMARTS) is 1. The van der Waals surface area contributed by atoms with Crippen molar-refractivity contribution in [1.29, 1.82) is 0 Å². The van der Waals surface area contributed by atoms with E-state index in [4.69, 9.17) is 5.11 Å². The Kier molecular flexibility index (Phi) is 5.71. The number of benzene rings is 1. The summed E-state index contributed by atoms with van der Waals surface area (Å²) in [5.74, 6) is -1.21. The summed E-state index contributed by atoms with van der Waals surface area (Å²) in [6, 6.07) is 6.91. The van der Waals surface area contributed by atoms with E-state index in [1.165, 1.54) is 0 Å². The molecule has 2 N–H and O–H groups in total. The fourth-order valence-electron chi connectivity index (χ4n) is 3.48. The zero-order valence-electron chi connectivity index (χ0n) is 14.7. The molecule has 0 aromatic heterocycles. The van der Waals surface area contributed by atoms with Gasteiger partial charge in [0.1, 0.15) is 0 Å². The van der Waals surface area contributed by atoms with Gasteiger partial charge in [-0.2, -0.15) is 0 Å². The van der Waals surface area contributed by atoms with Gasteiger partial charge in [0, 0.05) is 30.3 Å². The van der Waals surface area contributed by atoms with Gasteiger partial charge in [-0.25, -0.2) is 0 Å².